The summed E-state index contributed by atoms with van der Waals surface area (Å²) in [5, 5.41) is 13.4. The number of hydrogen-bond acceptors (Lipinski definition) is 8. The van der Waals surface area contributed by atoms with Gasteiger partial charge in [0.1, 0.15) is 12.1 Å². The van der Waals surface area contributed by atoms with Gasteiger partial charge in [-0.3, -0.25) is 0 Å². The predicted molar refractivity (Wildman–Crippen MR) is 91.3 cm³/mol. The van der Waals surface area contributed by atoms with Crippen LogP contribution < -0.4 is 5.73 Å². The fourth-order valence-corrected chi connectivity index (χ4v) is 2.27. The van der Waals surface area contributed by atoms with Gasteiger partial charge in [-0.05, 0) is 23.8 Å². The van der Waals surface area contributed by atoms with Gasteiger partial charge in [-0.15, -0.1) is 5.11 Å². The van der Waals surface area contributed by atoms with Crippen LogP contribution in [0.2, 0.25) is 0 Å². The Kier molecular flexibility index (Phi) is 3.79. The Labute approximate surface area is 142 Å². The van der Waals surface area contributed by atoms with Crippen LogP contribution in [-0.4, -0.2) is 29.7 Å². The average Bonchev–Trinajstić information content (AvgIpc) is 3.09. The van der Waals surface area contributed by atoms with Crippen molar-refractivity contribution in [2.75, 3.05) is 5.73 Å². The van der Waals surface area contributed by atoms with Crippen LogP contribution in [-0.2, 0) is 6.54 Å². The minimum absolute atomic E-state index is 0.382. The molecule has 0 spiro atoms. The Bertz CT molecular complexity index is 1020. The summed E-state index contributed by atoms with van der Waals surface area (Å²) in [4.78, 5) is 16.8. The summed E-state index contributed by atoms with van der Waals surface area (Å²) in [7, 11) is 0. The maximum absolute atomic E-state index is 5.56. The highest BCUT2D eigenvalue weighted by Crippen LogP contribution is 2.23. The van der Waals surface area contributed by atoms with Crippen molar-refractivity contribution in [3.8, 4) is 5.82 Å². The second kappa shape index (κ2) is 6.40. The van der Waals surface area contributed by atoms with E-state index in [0.29, 0.717) is 35.0 Å². The summed E-state index contributed by atoms with van der Waals surface area (Å²) in [5.41, 5.74) is 7.09. The first-order valence-corrected chi connectivity index (χ1v) is 7.49. The van der Waals surface area contributed by atoms with Crippen molar-refractivity contribution < 1.29 is 0 Å². The minimum atomic E-state index is 0.382. The Morgan fingerprint density at radius 1 is 1.00 bits per heavy atom. The highest BCUT2D eigenvalue weighted by atomic mass is 15.3. The first kappa shape index (κ1) is 14.8. The number of aromatic nitrogens is 6. The van der Waals surface area contributed by atoms with Gasteiger partial charge >= 0.3 is 0 Å². The Morgan fingerprint density at radius 3 is 2.76 bits per heavy atom. The molecule has 0 atom stereocenters. The van der Waals surface area contributed by atoms with Crippen molar-refractivity contribution in [3.63, 3.8) is 0 Å². The van der Waals surface area contributed by atoms with Crippen LogP contribution in [0.15, 0.2) is 65.5 Å². The Hall–Kier alpha value is -3.75. The van der Waals surface area contributed by atoms with E-state index in [9.17, 15) is 0 Å². The molecule has 0 radical (unpaired) electrons. The monoisotopic (exact) mass is 331 g/mol. The molecule has 2 N–H and O–H groups in total. The van der Waals surface area contributed by atoms with Crippen LogP contribution in [0, 0.1) is 0 Å². The normalized spacial score (nSPS) is 11.4. The molecular formula is C16H13N9. The van der Waals surface area contributed by atoms with Crippen LogP contribution in [0.25, 0.3) is 16.9 Å². The summed E-state index contributed by atoms with van der Waals surface area (Å²) >= 11 is 0. The standard InChI is InChI=1S/C16H13N9/c17-13-5-4-11(7-19-13)8-22-24-15-12-9-23-25(16(12)21-10-20-15)14-3-1-2-6-18-14/h1-7,9-10H,8H2,(H2,17,19). The molecule has 0 aromatic carbocycles. The fraction of sp³-hybridized carbons (Fsp3) is 0.0625. The number of nitrogens with two attached hydrogens (primary N) is 1. The number of fused-ring (bicyclic) bond motifs is 1. The molecule has 0 saturated heterocycles. The van der Waals surface area contributed by atoms with Crippen molar-refractivity contribution in [2.45, 2.75) is 6.54 Å². The summed E-state index contributed by atoms with van der Waals surface area (Å²) in [5.74, 6) is 1.60. The van der Waals surface area contributed by atoms with Crippen molar-refractivity contribution >= 4 is 22.7 Å². The largest absolute Gasteiger partial charge is 0.384 e. The maximum atomic E-state index is 5.56. The molecule has 0 unspecified atom stereocenters. The molecule has 0 amide bonds. The molecule has 0 aliphatic rings. The summed E-state index contributed by atoms with van der Waals surface area (Å²) in [6, 6.07) is 9.17. The zero-order chi connectivity index (χ0) is 17.1. The summed E-state index contributed by atoms with van der Waals surface area (Å²) in [6.07, 6.45) is 6.46. The number of nitrogen functional groups attached to an aromatic ring is 1. The molecule has 4 aromatic rings. The predicted octanol–water partition coefficient (Wildman–Crippen LogP) is 2.47. The fourth-order valence-electron chi connectivity index (χ4n) is 2.27. The zero-order valence-corrected chi connectivity index (χ0v) is 13.1. The number of rotatable bonds is 4. The van der Waals surface area contributed by atoms with Gasteiger partial charge in [-0.1, -0.05) is 12.1 Å². The average molecular weight is 331 g/mol. The van der Waals surface area contributed by atoms with E-state index >= 15 is 0 Å². The van der Waals surface area contributed by atoms with Gasteiger partial charge in [-0.25, -0.2) is 19.9 Å². The lowest BCUT2D eigenvalue weighted by Gasteiger charge is -2.00. The van der Waals surface area contributed by atoms with Gasteiger partial charge < -0.3 is 5.73 Å². The van der Waals surface area contributed by atoms with Gasteiger partial charge in [0.15, 0.2) is 17.3 Å². The van der Waals surface area contributed by atoms with Crippen molar-refractivity contribution in [3.05, 3.63) is 60.8 Å². The van der Waals surface area contributed by atoms with Crippen molar-refractivity contribution in [2.24, 2.45) is 10.2 Å². The SMILES string of the molecule is Nc1ccc(CN=Nc2ncnc3c2cnn3-c2ccccn2)cn1. The van der Waals surface area contributed by atoms with Gasteiger partial charge in [-0.2, -0.15) is 14.9 Å². The quantitative estimate of drug-likeness (QED) is 0.573. The number of pyridine rings is 2. The van der Waals surface area contributed by atoms with Crippen LogP contribution >= 0.6 is 0 Å². The first-order valence-electron chi connectivity index (χ1n) is 7.49. The molecule has 0 bridgehead atoms. The smallest absolute Gasteiger partial charge is 0.188 e. The number of anilines is 1. The molecule has 0 fully saturated rings. The highest BCUT2D eigenvalue weighted by Gasteiger charge is 2.11. The molecule has 4 heterocycles. The number of azo groups is 1. The van der Waals surface area contributed by atoms with E-state index in [2.05, 4.69) is 35.3 Å². The van der Waals surface area contributed by atoms with Gasteiger partial charge in [0.2, 0.25) is 0 Å². The molecule has 9 heteroatoms. The summed E-state index contributed by atoms with van der Waals surface area (Å²) in [6.45, 7) is 0.382. The van der Waals surface area contributed by atoms with E-state index < -0.39 is 0 Å². The third kappa shape index (κ3) is 3.02. The number of hydrogen-bond donors (Lipinski definition) is 1. The van der Waals surface area contributed by atoms with E-state index in [1.807, 2.05) is 24.3 Å². The lowest BCUT2D eigenvalue weighted by molar-refractivity contribution is 0.861. The molecule has 0 aliphatic heterocycles. The molecule has 25 heavy (non-hydrogen) atoms. The van der Waals surface area contributed by atoms with Crippen LogP contribution in [0.3, 0.4) is 0 Å². The molecule has 0 saturated carbocycles. The second-order valence-corrected chi connectivity index (χ2v) is 5.17. The van der Waals surface area contributed by atoms with Gasteiger partial charge in [0, 0.05) is 12.4 Å². The maximum Gasteiger partial charge on any atom is 0.188 e. The van der Waals surface area contributed by atoms with E-state index in [4.69, 9.17) is 5.73 Å². The molecule has 4 aromatic heterocycles. The second-order valence-electron chi connectivity index (χ2n) is 5.17. The van der Waals surface area contributed by atoms with E-state index in [-0.39, 0.29) is 0 Å². The van der Waals surface area contributed by atoms with E-state index in [1.165, 1.54) is 6.33 Å². The Morgan fingerprint density at radius 2 is 1.96 bits per heavy atom. The van der Waals surface area contributed by atoms with Gasteiger partial charge in [0.25, 0.3) is 0 Å². The van der Waals surface area contributed by atoms with Crippen LogP contribution in [0.5, 0.6) is 0 Å². The van der Waals surface area contributed by atoms with Crippen molar-refractivity contribution in [1.82, 2.24) is 29.7 Å². The lowest BCUT2D eigenvalue weighted by atomic mass is 10.3. The third-order valence-electron chi connectivity index (χ3n) is 3.48. The number of nitrogens with zero attached hydrogens (tertiary/aromatic N) is 8. The third-order valence-corrected chi connectivity index (χ3v) is 3.48. The zero-order valence-electron chi connectivity index (χ0n) is 13.1. The summed E-state index contributed by atoms with van der Waals surface area (Å²) < 4.78 is 1.64. The van der Waals surface area contributed by atoms with Crippen LogP contribution in [0.1, 0.15) is 5.56 Å². The van der Waals surface area contributed by atoms with E-state index in [0.717, 1.165) is 5.56 Å². The van der Waals surface area contributed by atoms with E-state index in [1.54, 1.807) is 29.3 Å². The highest BCUT2D eigenvalue weighted by molar-refractivity contribution is 5.85. The van der Waals surface area contributed by atoms with Crippen molar-refractivity contribution in [1.29, 1.82) is 0 Å². The molecule has 4 rings (SSSR count). The molecule has 9 nitrogen and oxygen atoms in total. The first-order chi connectivity index (χ1) is 12.3. The topological polar surface area (TPSA) is 120 Å². The minimum Gasteiger partial charge on any atom is -0.384 e. The van der Waals surface area contributed by atoms with Crippen LogP contribution in [0.4, 0.5) is 11.6 Å². The molecule has 0 aliphatic carbocycles. The molecular weight excluding hydrogens is 318 g/mol. The Balaban J connectivity index is 1.63. The van der Waals surface area contributed by atoms with Gasteiger partial charge in [0.05, 0.1) is 18.1 Å². The lowest BCUT2D eigenvalue weighted by Crippen LogP contribution is -1.99. The molecule has 122 valence electrons.